The van der Waals surface area contributed by atoms with Crippen molar-refractivity contribution in [3.05, 3.63) is 29.8 Å². The predicted molar refractivity (Wildman–Crippen MR) is 101 cm³/mol. The Balaban J connectivity index is 2.12. The Morgan fingerprint density at radius 1 is 1.19 bits per heavy atom. The molecule has 1 atom stereocenters. The van der Waals surface area contributed by atoms with Crippen molar-refractivity contribution in [2.75, 3.05) is 26.3 Å². The van der Waals surface area contributed by atoms with Crippen LogP contribution in [0.5, 0.6) is 0 Å². The summed E-state index contributed by atoms with van der Waals surface area (Å²) >= 11 is 0. The molecule has 0 bridgehead atoms. The molecule has 8 nitrogen and oxygen atoms in total. The first-order valence-electron chi connectivity index (χ1n) is 8.81. The number of rotatable bonds is 5. The van der Waals surface area contributed by atoms with Gasteiger partial charge in [-0.2, -0.15) is 4.31 Å². The summed E-state index contributed by atoms with van der Waals surface area (Å²) in [5.41, 5.74) is -0.234. The third-order valence-electron chi connectivity index (χ3n) is 3.94. The van der Waals surface area contributed by atoms with E-state index in [4.69, 9.17) is 4.74 Å². The molecule has 0 spiro atoms. The second-order valence-electron chi connectivity index (χ2n) is 7.48. The largest absolute Gasteiger partial charge is 0.379 e. The fourth-order valence-corrected chi connectivity index (χ4v) is 4.01. The number of nitrogens with one attached hydrogen (secondary N) is 2. The molecule has 1 saturated heterocycles. The van der Waals surface area contributed by atoms with Crippen molar-refractivity contribution in [1.29, 1.82) is 0 Å². The van der Waals surface area contributed by atoms with Gasteiger partial charge in [0.15, 0.2) is 0 Å². The summed E-state index contributed by atoms with van der Waals surface area (Å²) in [4.78, 5) is 24.6. The van der Waals surface area contributed by atoms with Crippen LogP contribution in [0.1, 0.15) is 38.1 Å². The topological polar surface area (TPSA) is 105 Å². The van der Waals surface area contributed by atoms with E-state index in [-0.39, 0.29) is 29.5 Å². The number of benzene rings is 1. The molecule has 150 valence electrons. The molecule has 1 aliphatic heterocycles. The van der Waals surface area contributed by atoms with Gasteiger partial charge < -0.3 is 15.4 Å². The minimum Gasteiger partial charge on any atom is -0.379 e. The maximum atomic E-state index is 12.7. The van der Waals surface area contributed by atoms with Gasteiger partial charge in [0.1, 0.15) is 6.04 Å². The first-order valence-corrected chi connectivity index (χ1v) is 10.3. The zero-order valence-electron chi connectivity index (χ0n) is 16.1. The number of hydrogen-bond donors (Lipinski definition) is 2. The molecule has 0 aliphatic carbocycles. The number of amides is 2. The molecular formula is C18H27N3O5S. The van der Waals surface area contributed by atoms with E-state index in [1.165, 1.54) is 28.6 Å². The first-order chi connectivity index (χ1) is 12.5. The highest BCUT2D eigenvalue weighted by Gasteiger charge is 2.27. The Labute approximate surface area is 160 Å². The molecule has 27 heavy (non-hydrogen) atoms. The Hall–Kier alpha value is -1.97. The second kappa shape index (κ2) is 8.37. The van der Waals surface area contributed by atoms with Crippen molar-refractivity contribution >= 4 is 21.8 Å². The molecule has 1 aromatic carbocycles. The van der Waals surface area contributed by atoms with E-state index in [1.807, 2.05) is 20.8 Å². The number of carbonyl (C=O) groups is 2. The van der Waals surface area contributed by atoms with Crippen molar-refractivity contribution < 1.29 is 22.7 Å². The standard InChI is InChI=1S/C18H27N3O5S/c1-13(16(22)20-18(2,3)4)19-17(23)14-6-5-7-15(12-14)27(24,25)21-8-10-26-11-9-21/h5-7,12-13H,8-11H2,1-4H3,(H,19,23)(H,20,22). The van der Waals surface area contributed by atoms with E-state index in [0.29, 0.717) is 13.2 Å². The van der Waals surface area contributed by atoms with Crippen molar-refractivity contribution in [1.82, 2.24) is 14.9 Å². The van der Waals surface area contributed by atoms with Gasteiger partial charge in [0.05, 0.1) is 18.1 Å². The van der Waals surface area contributed by atoms with Gasteiger partial charge in [-0.15, -0.1) is 0 Å². The van der Waals surface area contributed by atoms with Crippen molar-refractivity contribution in [2.24, 2.45) is 0 Å². The minimum atomic E-state index is -3.69. The van der Waals surface area contributed by atoms with Gasteiger partial charge in [0.25, 0.3) is 5.91 Å². The van der Waals surface area contributed by atoms with E-state index in [9.17, 15) is 18.0 Å². The second-order valence-corrected chi connectivity index (χ2v) is 9.42. The molecule has 1 aromatic rings. The fourth-order valence-electron chi connectivity index (χ4n) is 2.56. The van der Waals surface area contributed by atoms with Gasteiger partial charge in [-0.25, -0.2) is 8.42 Å². The monoisotopic (exact) mass is 397 g/mol. The molecule has 1 fully saturated rings. The molecular weight excluding hydrogens is 370 g/mol. The van der Waals surface area contributed by atoms with E-state index in [2.05, 4.69) is 10.6 Å². The smallest absolute Gasteiger partial charge is 0.251 e. The van der Waals surface area contributed by atoms with Gasteiger partial charge in [-0.1, -0.05) is 6.07 Å². The molecule has 0 saturated carbocycles. The molecule has 0 aromatic heterocycles. The molecule has 2 rings (SSSR count). The Kier molecular flexibility index (Phi) is 6.61. The molecule has 2 amide bonds. The lowest BCUT2D eigenvalue weighted by molar-refractivity contribution is -0.124. The van der Waals surface area contributed by atoms with Crippen LogP contribution in [0.25, 0.3) is 0 Å². The highest BCUT2D eigenvalue weighted by molar-refractivity contribution is 7.89. The number of sulfonamides is 1. The van der Waals surface area contributed by atoms with Crippen LogP contribution < -0.4 is 10.6 Å². The number of carbonyl (C=O) groups excluding carboxylic acids is 2. The third kappa shape index (κ3) is 5.75. The van der Waals surface area contributed by atoms with E-state index in [1.54, 1.807) is 6.92 Å². The van der Waals surface area contributed by atoms with Crippen LogP contribution in [0.4, 0.5) is 0 Å². The molecule has 2 N–H and O–H groups in total. The number of hydrogen-bond acceptors (Lipinski definition) is 5. The third-order valence-corrected chi connectivity index (χ3v) is 5.84. The Bertz CT molecular complexity index is 795. The van der Waals surface area contributed by atoms with Crippen LogP contribution in [0, 0.1) is 0 Å². The van der Waals surface area contributed by atoms with E-state index in [0.717, 1.165) is 0 Å². The molecule has 1 aliphatic rings. The zero-order chi connectivity index (χ0) is 20.2. The first kappa shape index (κ1) is 21.3. The maximum absolute atomic E-state index is 12.7. The van der Waals surface area contributed by atoms with Gasteiger partial charge in [0.2, 0.25) is 15.9 Å². The van der Waals surface area contributed by atoms with Gasteiger partial charge in [-0.3, -0.25) is 9.59 Å². The van der Waals surface area contributed by atoms with Gasteiger partial charge in [-0.05, 0) is 45.9 Å². The summed E-state index contributed by atoms with van der Waals surface area (Å²) in [6.45, 7) is 8.37. The van der Waals surface area contributed by atoms with Crippen molar-refractivity contribution in [3.63, 3.8) is 0 Å². The maximum Gasteiger partial charge on any atom is 0.251 e. The van der Waals surface area contributed by atoms with Gasteiger partial charge >= 0.3 is 0 Å². The summed E-state index contributed by atoms with van der Waals surface area (Å²) in [6, 6.07) is 5.06. The number of ether oxygens (including phenoxy) is 1. The Morgan fingerprint density at radius 3 is 2.41 bits per heavy atom. The number of nitrogens with zero attached hydrogens (tertiary/aromatic N) is 1. The zero-order valence-corrected chi connectivity index (χ0v) is 16.9. The highest BCUT2D eigenvalue weighted by Crippen LogP contribution is 2.18. The lowest BCUT2D eigenvalue weighted by atomic mass is 10.1. The summed E-state index contributed by atoms with van der Waals surface area (Å²) in [7, 11) is -3.69. The normalized spacial score (nSPS) is 17.2. The predicted octanol–water partition coefficient (Wildman–Crippen LogP) is 0.741. The summed E-state index contributed by atoms with van der Waals surface area (Å²) in [6.07, 6.45) is 0. The summed E-state index contributed by atoms with van der Waals surface area (Å²) in [5.74, 6) is -0.821. The van der Waals surface area contributed by atoms with Crippen LogP contribution in [0.15, 0.2) is 29.2 Å². The van der Waals surface area contributed by atoms with Crippen LogP contribution in [-0.4, -0.2) is 62.4 Å². The minimum absolute atomic E-state index is 0.0452. The molecule has 0 radical (unpaired) electrons. The van der Waals surface area contributed by atoms with Crippen LogP contribution in [-0.2, 0) is 19.6 Å². The van der Waals surface area contributed by atoms with Crippen LogP contribution >= 0.6 is 0 Å². The summed E-state index contributed by atoms with van der Waals surface area (Å²) < 4.78 is 32.0. The van der Waals surface area contributed by atoms with E-state index < -0.39 is 27.5 Å². The average Bonchev–Trinajstić information content (AvgIpc) is 2.61. The van der Waals surface area contributed by atoms with Crippen molar-refractivity contribution in [2.45, 2.75) is 44.2 Å². The molecule has 9 heteroatoms. The van der Waals surface area contributed by atoms with Crippen molar-refractivity contribution in [3.8, 4) is 0 Å². The lowest BCUT2D eigenvalue weighted by Crippen LogP contribution is -2.50. The van der Waals surface area contributed by atoms with Crippen LogP contribution in [0.3, 0.4) is 0 Å². The lowest BCUT2D eigenvalue weighted by Gasteiger charge is -2.26. The summed E-state index contributed by atoms with van der Waals surface area (Å²) in [5, 5.41) is 5.38. The quantitative estimate of drug-likeness (QED) is 0.763. The number of morpholine rings is 1. The Morgan fingerprint density at radius 2 is 1.81 bits per heavy atom. The SMILES string of the molecule is CC(NC(=O)c1cccc(S(=O)(=O)N2CCOCC2)c1)C(=O)NC(C)(C)C. The fraction of sp³-hybridized carbons (Fsp3) is 0.556. The van der Waals surface area contributed by atoms with Crippen LogP contribution in [0.2, 0.25) is 0 Å². The molecule has 1 heterocycles. The highest BCUT2D eigenvalue weighted by atomic mass is 32.2. The average molecular weight is 397 g/mol. The van der Waals surface area contributed by atoms with E-state index >= 15 is 0 Å². The molecule has 1 unspecified atom stereocenters. The van der Waals surface area contributed by atoms with Gasteiger partial charge in [0, 0.05) is 24.2 Å².